The van der Waals surface area contributed by atoms with Crippen LogP contribution in [-0.4, -0.2) is 49.3 Å². The Labute approximate surface area is 120 Å². The molecule has 20 heavy (non-hydrogen) atoms. The number of hydrogen-bond acceptors (Lipinski definition) is 3. The van der Waals surface area contributed by atoms with Gasteiger partial charge in [-0.05, 0) is 29.9 Å². The Morgan fingerprint density at radius 2 is 2.00 bits per heavy atom. The van der Waals surface area contributed by atoms with Crippen molar-refractivity contribution in [2.75, 3.05) is 33.4 Å². The third-order valence-electron chi connectivity index (χ3n) is 3.81. The molecule has 0 saturated carbocycles. The number of nitrogens with zero attached hydrogens (tertiary/aromatic N) is 1. The van der Waals surface area contributed by atoms with Crippen molar-refractivity contribution < 1.29 is 14.6 Å². The summed E-state index contributed by atoms with van der Waals surface area (Å²) in [6.07, 6.45) is 2.28. The van der Waals surface area contributed by atoms with E-state index in [0.29, 0.717) is 31.9 Å². The fraction of sp³-hybridized carbons (Fsp3) is 0.562. The molecule has 0 aliphatic carbocycles. The van der Waals surface area contributed by atoms with E-state index in [-0.39, 0.29) is 12.5 Å². The number of aliphatic hydroxyl groups is 1. The van der Waals surface area contributed by atoms with Gasteiger partial charge in [0.25, 0.3) is 0 Å². The second-order valence-corrected chi connectivity index (χ2v) is 5.40. The lowest BCUT2D eigenvalue weighted by Crippen LogP contribution is -2.28. The minimum atomic E-state index is 0.185. The van der Waals surface area contributed by atoms with E-state index in [1.165, 1.54) is 5.56 Å². The normalized spacial score (nSPS) is 18.8. The molecular formula is C16H23NO3. The number of benzene rings is 1. The molecule has 0 bridgehead atoms. The fourth-order valence-corrected chi connectivity index (χ4v) is 2.71. The van der Waals surface area contributed by atoms with Crippen molar-refractivity contribution >= 4 is 5.91 Å². The Morgan fingerprint density at radius 3 is 2.65 bits per heavy atom. The number of likely N-dealkylation sites (tertiary alicyclic amines) is 1. The van der Waals surface area contributed by atoms with Crippen molar-refractivity contribution in [3.63, 3.8) is 0 Å². The highest BCUT2D eigenvalue weighted by Gasteiger charge is 2.28. The minimum Gasteiger partial charge on any atom is -0.396 e. The number of ether oxygens (including phenoxy) is 1. The van der Waals surface area contributed by atoms with Crippen molar-refractivity contribution in [3.05, 3.63) is 35.4 Å². The lowest BCUT2D eigenvalue weighted by atomic mass is 9.97. The zero-order chi connectivity index (χ0) is 14.4. The summed E-state index contributed by atoms with van der Waals surface area (Å²) in [5, 5.41) is 8.89. The van der Waals surface area contributed by atoms with Gasteiger partial charge in [0, 0.05) is 33.2 Å². The van der Waals surface area contributed by atoms with Gasteiger partial charge in [-0.3, -0.25) is 4.79 Å². The molecule has 1 unspecified atom stereocenters. The first kappa shape index (κ1) is 15.0. The lowest BCUT2D eigenvalue weighted by Gasteiger charge is -2.16. The second-order valence-electron chi connectivity index (χ2n) is 5.40. The predicted molar refractivity (Wildman–Crippen MR) is 77.5 cm³/mol. The smallest absolute Gasteiger partial charge is 0.223 e. The van der Waals surface area contributed by atoms with Gasteiger partial charge in [-0.2, -0.15) is 0 Å². The summed E-state index contributed by atoms with van der Waals surface area (Å²) < 4.78 is 5.03. The highest BCUT2D eigenvalue weighted by atomic mass is 16.5. The maximum atomic E-state index is 11.9. The average Bonchev–Trinajstić information content (AvgIpc) is 2.79. The minimum absolute atomic E-state index is 0.185. The summed E-state index contributed by atoms with van der Waals surface area (Å²) in [6.45, 7) is 2.32. The molecule has 1 saturated heterocycles. The van der Waals surface area contributed by atoms with Crippen LogP contribution in [-0.2, 0) is 22.4 Å². The number of methoxy groups -OCH3 is 1. The van der Waals surface area contributed by atoms with Crippen LogP contribution < -0.4 is 0 Å². The number of amides is 1. The molecule has 4 nitrogen and oxygen atoms in total. The summed E-state index contributed by atoms with van der Waals surface area (Å²) in [5.41, 5.74) is 2.42. The van der Waals surface area contributed by atoms with Gasteiger partial charge in [-0.25, -0.2) is 0 Å². The van der Waals surface area contributed by atoms with E-state index in [1.54, 1.807) is 7.11 Å². The average molecular weight is 277 g/mol. The van der Waals surface area contributed by atoms with Crippen LogP contribution in [0.5, 0.6) is 0 Å². The first-order chi connectivity index (χ1) is 9.72. The SMILES string of the molecule is COCCN1CC(Cc2ccc(CCO)cc2)CC1=O. The van der Waals surface area contributed by atoms with E-state index < -0.39 is 0 Å². The van der Waals surface area contributed by atoms with Gasteiger partial charge in [0.15, 0.2) is 0 Å². The van der Waals surface area contributed by atoms with Gasteiger partial charge >= 0.3 is 0 Å². The topological polar surface area (TPSA) is 49.8 Å². The quantitative estimate of drug-likeness (QED) is 0.816. The Hall–Kier alpha value is -1.39. The van der Waals surface area contributed by atoms with Crippen LogP contribution in [0.4, 0.5) is 0 Å². The maximum Gasteiger partial charge on any atom is 0.223 e. The molecule has 1 amide bonds. The van der Waals surface area contributed by atoms with Crippen LogP contribution in [0.25, 0.3) is 0 Å². The third-order valence-corrected chi connectivity index (χ3v) is 3.81. The first-order valence-electron chi connectivity index (χ1n) is 7.18. The molecule has 110 valence electrons. The van der Waals surface area contributed by atoms with Crippen molar-refractivity contribution in [2.45, 2.75) is 19.3 Å². The highest BCUT2D eigenvalue weighted by Crippen LogP contribution is 2.22. The van der Waals surface area contributed by atoms with Crippen molar-refractivity contribution in [1.82, 2.24) is 4.90 Å². The number of carbonyl (C=O) groups is 1. The summed E-state index contributed by atoms with van der Waals surface area (Å²) in [6, 6.07) is 8.33. The standard InChI is InChI=1S/C16H23NO3/c1-20-9-7-17-12-15(11-16(17)19)10-14-4-2-13(3-5-14)6-8-18/h2-5,15,18H,6-12H2,1H3. The number of hydrogen-bond donors (Lipinski definition) is 1. The first-order valence-corrected chi connectivity index (χ1v) is 7.18. The Bertz CT molecular complexity index is 430. The number of carbonyl (C=O) groups excluding carboxylic acids is 1. The molecule has 1 atom stereocenters. The molecule has 1 fully saturated rings. The molecule has 1 N–H and O–H groups in total. The summed E-state index contributed by atoms with van der Waals surface area (Å²) in [5.74, 6) is 0.645. The van der Waals surface area contributed by atoms with E-state index in [0.717, 1.165) is 18.5 Å². The molecule has 1 aromatic carbocycles. The highest BCUT2D eigenvalue weighted by molar-refractivity contribution is 5.78. The monoisotopic (exact) mass is 277 g/mol. The van der Waals surface area contributed by atoms with Gasteiger partial charge in [0.2, 0.25) is 5.91 Å². The van der Waals surface area contributed by atoms with E-state index >= 15 is 0 Å². The fourth-order valence-electron chi connectivity index (χ4n) is 2.71. The van der Waals surface area contributed by atoms with Gasteiger partial charge in [-0.1, -0.05) is 24.3 Å². The molecule has 0 radical (unpaired) electrons. The molecule has 2 rings (SSSR count). The molecule has 1 aromatic rings. The van der Waals surface area contributed by atoms with Gasteiger partial charge in [-0.15, -0.1) is 0 Å². The van der Waals surface area contributed by atoms with E-state index in [9.17, 15) is 4.79 Å². The van der Waals surface area contributed by atoms with Gasteiger partial charge in [0.05, 0.1) is 6.61 Å². The molecule has 0 aromatic heterocycles. The van der Waals surface area contributed by atoms with Crippen molar-refractivity contribution in [2.24, 2.45) is 5.92 Å². The molecule has 0 spiro atoms. The van der Waals surface area contributed by atoms with Crippen LogP contribution in [0.1, 0.15) is 17.5 Å². The van der Waals surface area contributed by atoms with E-state index in [1.807, 2.05) is 4.90 Å². The van der Waals surface area contributed by atoms with Crippen LogP contribution in [0.3, 0.4) is 0 Å². The van der Waals surface area contributed by atoms with Gasteiger partial charge < -0.3 is 14.7 Å². The van der Waals surface area contributed by atoms with Crippen LogP contribution in [0.2, 0.25) is 0 Å². The Balaban J connectivity index is 1.86. The number of aliphatic hydroxyl groups excluding tert-OH is 1. The second kappa shape index (κ2) is 7.41. The lowest BCUT2D eigenvalue weighted by molar-refractivity contribution is -0.128. The molecule has 1 aliphatic heterocycles. The Kier molecular flexibility index (Phi) is 5.56. The summed E-state index contributed by atoms with van der Waals surface area (Å²) >= 11 is 0. The Morgan fingerprint density at radius 1 is 1.30 bits per heavy atom. The third kappa shape index (κ3) is 4.05. The number of rotatable bonds is 7. The summed E-state index contributed by atoms with van der Waals surface area (Å²) in [7, 11) is 1.66. The molecule has 1 aliphatic rings. The van der Waals surface area contributed by atoms with E-state index in [4.69, 9.17) is 9.84 Å². The molecular weight excluding hydrogens is 254 g/mol. The van der Waals surface area contributed by atoms with Crippen molar-refractivity contribution in [1.29, 1.82) is 0 Å². The zero-order valence-electron chi connectivity index (χ0n) is 12.0. The zero-order valence-corrected chi connectivity index (χ0v) is 12.0. The predicted octanol–water partition coefficient (Wildman–Crippen LogP) is 1.26. The molecule has 1 heterocycles. The summed E-state index contributed by atoms with van der Waals surface area (Å²) in [4.78, 5) is 13.8. The molecule has 4 heteroatoms. The van der Waals surface area contributed by atoms with Crippen LogP contribution in [0, 0.1) is 5.92 Å². The largest absolute Gasteiger partial charge is 0.396 e. The van der Waals surface area contributed by atoms with E-state index in [2.05, 4.69) is 24.3 Å². The maximum absolute atomic E-state index is 11.9. The van der Waals surface area contributed by atoms with Crippen molar-refractivity contribution in [3.8, 4) is 0 Å². The van der Waals surface area contributed by atoms with Crippen LogP contribution >= 0.6 is 0 Å². The van der Waals surface area contributed by atoms with Crippen LogP contribution in [0.15, 0.2) is 24.3 Å². The van der Waals surface area contributed by atoms with Gasteiger partial charge in [0.1, 0.15) is 0 Å².